The zero-order chi connectivity index (χ0) is 20.1. The van der Waals surface area contributed by atoms with Crippen molar-refractivity contribution in [2.45, 2.75) is 24.9 Å². The van der Waals surface area contributed by atoms with Gasteiger partial charge in [-0.3, -0.25) is 9.89 Å². The standard InChI is InChI=1S/C19H22F3N3O3/c1-27-12-18(26)25-7-5-13(11-25)17-10-15(23-24-17)6-8-28-16-4-2-3-14(9-16)19(20,21)22/h2-4,9-10,13H,5-8,11-12H2,1H3,(H,23,24). The zero-order valence-corrected chi connectivity index (χ0v) is 15.5. The number of rotatable bonds is 7. The van der Waals surface area contributed by atoms with Crippen LogP contribution in [-0.4, -0.2) is 54.4 Å². The molecule has 1 aromatic heterocycles. The second kappa shape index (κ2) is 8.64. The lowest BCUT2D eigenvalue weighted by Crippen LogP contribution is -2.31. The molecule has 0 saturated carbocycles. The first-order valence-corrected chi connectivity index (χ1v) is 8.98. The average Bonchev–Trinajstić information content (AvgIpc) is 3.31. The van der Waals surface area contributed by atoms with Crippen LogP contribution in [0, 0.1) is 0 Å². The Kier molecular flexibility index (Phi) is 6.23. The molecule has 1 amide bonds. The fraction of sp³-hybridized carbons (Fsp3) is 0.474. The van der Waals surface area contributed by atoms with Crippen molar-refractivity contribution in [1.29, 1.82) is 0 Å². The third kappa shape index (κ3) is 5.03. The molecule has 2 aromatic rings. The van der Waals surface area contributed by atoms with E-state index in [9.17, 15) is 18.0 Å². The van der Waals surface area contributed by atoms with Gasteiger partial charge in [0.1, 0.15) is 12.4 Å². The van der Waals surface area contributed by atoms with Gasteiger partial charge in [0.25, 0.3) is 0 Å². The molecular weight excluding hydrogens is 375 g/mol. The van der Waals surface area contributed by atoms with Gasteiger partial charge < -0.3 is 14.4 Å². The summed E-state index contributed by atoms with van der Waals surface area (Å²) in [5, 5.41) is 7.25. The Labute approximate surface area is 160 Å². The highest BCUT2D eigenvalue weighted by atomic mass is 19.4. The maximum Gasteiger partial charge on any atom is 0.416 e. The number of aromatic nitrogens is 2. The number of likely N-dealkylation sites (tertiary alicyclic amines) is 1. The maximum absolute atomic E-state index is 12.7. The summed E-state index contributed by atoms with van der Waals surface area (Å²) in [5.74, 6) is 0.308. The van der Waals surface area contributed by atoms with Gasteiger partial charge in [0.15, 0.2) is 0 Å². The Morgan fingerprint density at radius 2 is 2.18 bits per heavy atom. The second-order valence-electron chi connectivity index (χ2n) is 6.70. The third-order valence-electron chi connectivity index (χ3n) is 4.68. The van der Waals surface area contributed by atoms with E-state index in [2.05, 4.69) is 10.2 Å². The molecule has 1 aliphatic rings. The van der Waals surface area contributed by atoms with E-state index in [1.165, 1.54) is 19.2 Å². The van der Waals surface area contributed by atoms with E-state index in [-0.39, 0.29) is 30.8 Å². The van der Waals surface area contributed by atoms with Crippen LogP contribution in [-0.2, 0) is 22.1 Å². The number of benzene rings is 1. The highest BCUT2D eigenvalue weighted by Gasteiger charge is 2.31. The van der Waals surface area contributed by atoms with Crippen LogP contribution in [0.3, 0.4) is 0 Å². The normalized spacial score (nSPS) is 17.1. The molecule has 28 heavy (non-hydrogen) atoms. The molecular formula is C19H22F3N3O3. The topological polar surface area (TPSA) is 67.4 Å². The van der Waals surface area contributed by atoms with Gasteiger partial charge in [-0.2, -0.15) is 18.3 Å². The molecule has 0 bridgehead atoms. The number of halogens is 3. The number of hydrogen-bond acceptors (Lipinski definition) is 4. The lowest BCUT2D eigenvalue weighted by molar-refractivity contribution is -0.137. The van der Waals surface area contributed by atoms with Crippen LogP contribution in [0.1, 0.15) is 29.3 Å². The molecule has 6 nitrogen and oxygen atoms in total. The number of carbonyl (C=O) groups is 1. The summed E-state index contributed by atoms with van der Waals surface area (Å²) in [6.07, 6.45) is -3.07. The van der Waals surface area contributed by atoms with Crippen LogP contribution in [0.25, 0.3) is 0 Å². The molecule has 3 rings (SSSR count). The Morgan fingerprint density at radius 1 is 1.36 bits per heavy atom. The smallest absolute Gasteiger partial charge is 0.416 e. The molecule has 1 N–H and O–H groups in total. The van der Waals surface area contributed by atoms with Crippen molar-refractivity contribution in [3.8, 4) is 5.75 Å². The van der Waals surface area contributed by atoms with E-state index >= 15 is 0 Å². The van der Waals surface area contributed by atoms with Crippen LogP contribution in [0.2, 0.25) is 0 Å². The number of carbonyl (C=O) groups excluding carboxylic acids is 1. The molecule has 1 atom stereocenters. The number of ether oxygens (including phenoxy) is 2. The van der Waals surface area contributed by atoms with Crippen molar-refractivity contribution < 1.29 is 27.4 Å². The summed E-state index contributed by atoms with van der Waals surface area (Å²) >= 11 is 0. The van der Waals surface area contributed by atoms with Gasteiger partial charge in [-0.05, 0) is 30.7 Å². The van der Waals surface area contributed by atoms with Gasteiger partial charge in [-0.25, -0.2) is 0 Å². The number of alkyl halides is 3. The van der Waals surface area contributed by atoms with Crippen molar-refractivity contribution in [3.63, 3.8) is 0 Å². The van der Waals surface area contributed by atoms with Gasteiger partial charge in [0.05, 0.1) is 17.9 Å². The van der Waals surface area contributed by atoms with E-state index in [1.807, 2.05) is 6.07 Å². The van der Waals surface area contributed by atoms with Crippen molar-refractivity contribution in [3.05, 3.63) is 47.3 Å². The highest BCUT2D eigenvalue weighted by Crippen LogP contribution is 2.31. The van der Waals surface area contributed by atoms with Gasteiger partial charge in [-0.1, -0.05) is 6.07 Å². The number of hydrogen-bond donors (Lipinski definition) is 1. The van der Waals surface area contributed by atoms with E-state index in [0.29, 0.717) is 19.5 Å². The van der Waals surface area contributed by atoms with Crippen molar-refractivity contribution >= 4 is 5.91 Å². The summed E-state index contributed by atoms with van der Waals surface area (Å²) in [6, 6.07) is 6.74. The fourth-order valence-corrected chi connectivity index (χ4v) is 3.20. The summed E-state index contributed by atoms with van der Waals surface area (Å²) in [5.41, 5.74) is 0.980. The molecule has 1 aliphatic heterocycles. The van der Waals surface area contributed by atoms with E-state index in [1.54, 1.807) is 4.90 Å². The molecule has 1 fully saturated rings. The molecule has 1 unspecified atom stereocenters. The quantitative estimate of drug-likeness (QED) is 0.780. The minimum atomic E-state index is -4.39. The number of methoxy groups -OCH3 is 1. The van der Waals surface area contributed by atoms with Gasteiger partial charge in [-0.15, -0.1) is 0 Å². The molecule has 0 aliphatic carbocycles. The minimum absolute atomic E-state index is 0.0322. The summed E-state index contributed by atoms with van der Waals surface area (Å²) in [6.45, 7) is 1.58. The molecule has 1 saturated heterocycles. The number of H-pyrrole nitrogens is 1. The SMILES string of the molecule is COCC(=O)N1CCC(c2cc(CCOc3cccc(C(F)(F)F)c3)[nH]n2)C1. The van der Waals surface area contributed by atoms with Crippen LogP contribution in [0.5, 0.6) is 5.75 Å². The molecule has 152 valence electrons. The number of nitrogens with zero attached hydrogens (tertiary/aromatic N) is 2. The predicted octanol–water partition coefficient (Wildman–Crippen LogP) is 3.01. The van der Waals surface area contributed by atoms with E-state index in [0.717, 1.165) is 29.9 Å². The van der Waals surface area contributed by atoms with Crippen molar-refractivity contribution in [2.24, 2.45) is 0 Å². The number of amides is 1. The second-order valence-corrected chi connectivity index (χ2v) is 6.70. The molecule has 2 heterocycles. The first kappa shape index (κ1) is 20.2. The van der Waals surface area contributed by atoms with Gasteiger partial charge in [0.2, 0.25) is 5.91 Å². The van der Waals surface area contributed by atoms with E-state index < -0.39 is 11.7 Å². The Bertz CT molecular complexity index is 807. The minimum Gasteiger partial charge on any atom is -0.493 e. The molecule has 1 aromatic carbocycles. The first-order valence-electron chi connectivity index (χ1n) is 8.98. The number of aromatic amines is 1. The maximum atomic E-state index is 12.7. The van der Waals surface area contributed by atoms with E-state index in [4.69, 9.17) is 9.47 Å². The predicted molar refractivity (Wildman–Crippen MR) is 95.0 cm³/mol. The first-order chi connectivity index (χ1) is 13.4. The molecule has 0 spiro atoms. The lowest BCUT2D eigenvalue weighted by Gasteiger charge is -2.15. The van der Waals surface area contributed by atoms with Crippen LogP contribution in [0.15, 0.2) is 30.3 Å². The Hall–Kier alpha value is -2.55. The Morgan fingerprint density at radius 3 is 2.93 bits per heavy atom. The largest absolute Gasteiger partial charge is 0.493 e. The lowest BCUT2D eigenvalue weighted by atomic mass is 10.0. The van der Waals surface area contributed by atoms with Gasteiger partial charge in [0, 0.05) is 38.2 Å². The van der Waals surface area contributed by atoms with Crippen LogP contribution >= 0.6 is 0 Å². The summed E-state index contributed by atoms with van der Waals surface area (Å²) in [7, 11) is 1.49. The summed E-state index contributed by atoms with van der Waals surface area (Å²) in [4.78, 5) is 13.6. The van der Waals surface area contributed by atoms with Crippen molar-refractivity contribution in [2.75, 3.05) is 33.4 Å². The van der Waals surface area contributed by atoms with Gasteiger partial charge >= 0.3 is 6.18 Å². The van der Waals surface area contributed by atoms with Crippen molar-refractivity contribution in [1.82, 2.24) is 15.1 Å². The monoisotopic (exact) mass is 397 g/mol. The van der Waals surface area contributed by atoms with Crippen LogP contribution in [0.4, 0.5) is 13.2 Å². The molecule has 9 heteroatoms. The molecule has 0 radical (unpaired) electrons. The zero-order valence-electron chi connectivity index (χ0n) is 15.5. The Balaban J connectivity index is 1.50. The fourth-order valence-electron chi connectivity index (χ4n) is 3.20. The third-order valence-corrected chi connectivity index (χ3v) is 4.68. The number of nitrogens with one attached hydrogen (secondary N) is 1. The van der Waals surface area contributed by atoms with Crippen LogP contribution < -0.4 is 4.74 Å². The summed E-state index contributed by atoms with van der Waals surface area (Å²) < 4.78 is 48.5. The highest BCUT2D eigenvalue weighted by molar-refractivity contribution is 5.77. The average molecular weight is 397 g/mol.